The predicted octanol–water partition coefficient (Wildman–Crippen LogP) is 3.73. The van der Waals surface area contributed by atoms with E-state index in [1.54, 1.807) is 43.6 Å². The van der Waals surface area contributed by atoms with Crippen molar-refractivity contribution in [3.8, 4) is 11.8 Å². The van der Waals surface area contributed by atoms with Gasteiger partial charge in [-0.2, -0.15) is 10.4 Å². The van der Waals surface area contributed by atoms with Gasteiger partial charge in [0.25, 0.3) is 5.69 Å². The smallest absolute Gasteiger partial charge is 0.273 e. The van der Waals surface area contributed by atoms with Gasteiger partial charge >= 0.3 is 0 Å². The Bertz CT molecular complexity index is 1130. The van der Waals surface area contributed by atoms with E-state index in [-0.39, 0.29) is 5.69 Å². The number of hydrogen-bond donors (Lipinski definition) is 1. The van der Waals surface area contributed by atoms with Crippen molar-refractivity contribution in [1.82, 2.24) is 10.2 Å². The first kappa shape index (κ1) is 17.4. The molecule has 0 amide bonds. The van der Waals surface area contributed by atoms with Crippen molar-refractivity contribution >= 4 is 17.2 Å². The third kappa shape index (κ3) is 2.79. The molecule has 4 rings (SSSR count). The van der Waals surface area contributed by atoms with Gasteiger partial charge in [-0.1, -0.05) is 30.3 Å². The summed E-state index contributed by atoms with van der Waals surface area (Å²) in [5.41, 5.74) is 2.31. The second kappa shape index (κ2) is 6.96. The second-order valence-corrected chi connectivity index (χ2v) is 6.30. The van der Waals surface area contributed by atoms with E-state index >= 15 is 0 Å². The lowest BCUT2D eigenvalue weighted by Crippen LogP contribution is -2.26. The van der Waals surface area contributed by atoms with Crippen LogP contribution in [0, 0.1) is 27.4 Å². The highest BCUT2D eigenvalue weighted by molar-refractivity contribution is 6.07. The number of fused-ring (bicyclic) bond motifs is 1. The van der Waals surface area contributed by atoms with Crippen LogP contribution in [-0.4, -0.2) is 27.9 Å². The third-order valence-corrected chi connectivity index (χ3v) is 4.82. The van der Waals surface area contributed by atoms with Crippen molar-refractivity contribution in [3.63, 3.8) is 0 Å². The van der Waals surface area contributed by atoms with Gasteiger partial charge < -0.3 is 4.74 Å². The van der Waals surface area contributed by atoms with Crippen molar-refractivity contribution in [2.75, 3.05) is 7.11 Å². The van der Waals surface area contributed by atoms with Crippen molar-refractivity contribution in [3.05, 3.63) is 81.5 Å². The van der Waals surface area contributed by atoms with E-state index in [1.807, 2.05) is 12.1 Å². The first-order valence-electron chi connectivity index (χ1n) is 8.53. The molecule has 1 aromatic heterocycles. The number of methoxy groups -OCH3 is 1. The number of nitrogens with zero attached hydrogens (tertiary/aromatic N) is 4. The lowest BCUT2D eigenvalue weighted by molar-refractivity contribution is -0.385. The molecule has 8 nitrogen and oxygen atoms in total. The Morgan fingerprint density at radius 3 is 2.79 bits per heavy atom. The zero-order chi connectivity index (χ0) is 19.7. The standard InChI is InChI=1S/C20H15N5O3/c1-28-13-6-4-5-12(9-13)19-15(10-21)18(16-11-22-24-20(16)23-19)14-7-2-3-8-17(14)25(26)27/h2-9,11,15,18H,1H3,(H,22,24). The molecule has 1 aliphatic rings. The Labute approximate surface area is 160 Å². The highest BCUT2D eigenvalue weighted by Gasteiger charge is 2.39. The summed E-state index contributed by atoms with van der Waals surface area (Å²) in [4.78, 5) is 15.8. The zero-order valence-corrected chi connectivity index (χ0v) is 14.9. The largest absolute Gasteiger partial charge is 0.497 e. The van der Waals surface area contributed by atoms with Crippen LogP contribution >= 0.6 is 0 Å². The monoisotopic (exact) mass is 373 g/mol. The molecule has 2 heterocycles. The Morgan fingerprint density at radius 2 is 2.04 bits per heavy atom. The lowest BCUT2D eigenvalue weighted by atomic mass is 9.76. The maximum Gasteiger partial charge on any atom is 0.273 e. The van der Waals surface area contributed by atoms with Gasteiger partial charge in [-0.15, -0.1) is 0 Å². The SMILES string of the molecule is COc1cccc(C2=Nc3[nH]ncc3C(c3ccccc3[N+](=O)[O-])C2C#N)c1. The van der Waals surface area contributed by atoms with Crippen LogP contribution in [0.2, 0.25) is 0 Å². The van der Waals surface area contributed by atoms with Gasteiger partial charge in [0.05, 0.1) is 30.0 Å². The van der Waals surface area contributed by atoms with Crippen LogP contribution in [-0.2, 0) is 0 Å². The number of rotatable bonds is 4. The van der Waals surface area contributed by atoms with Crippen molar-refractivity contribution in [2.45, 2.75) is 5.92 Å². The maximum absolute atomic E-state index is 11.6. The number of nitrogens with one attached hydrogen (secondary N) is 1. The highest BCUT2D eigenvalue weighted by Crippen LogP contribution is 2.45. The number of ether oxygens (including phenoxy) is 1. The van der Waals surface area contributed by atoms with Crippen molar-refractivity contribution in [2.24, 2.45) is 10.9 Å². The van der Waals surface area contributed by atoms with E-state index in [0.717, 1.165) is 5.56 Å². The number of H-pyrrole nitrogens is 1. The summed E-state index contributed by atoms with van der Waals surface area (Å²) < 4.78 is 5.28. The molecule has 8 heteroatoms. The molecule has 0 spiro atoms. The molecule has 2 unspecified atom stereocenters. The molecule has 3 aromatic rings. The molecule has 138 valence electrons. The third-order valence-electron chi connectivity index (χ3n) is 4.82. The molecule has 2 aromatic carbocycles. The normalized spacial score (nSPS) is 17.9. The number of aliphatic imine (C=N–C) groups is 1. The van der Waals surface area contributed by atoms with E-state index in [4.69, 9.17) is 4.74 Å². The Balaban J connectivity index is 1.93. The first-order valence-corrected chi connectivity index (χ1v) is 8.53. The first-order chi connectivity index (χ1) is 13.6. The topological polar surface area (TPSA) is 117 Å². The molecule has 0 fully saturated rings. The predicted molar refractivity (Wildman–Crippen MR) is 102 cm³/mol. The average Bonchev–Trinajstić information content (AvgIpc) is 3.20. The molecule has 0 saturated heterocycles. The van der Waals surface area contributed by atoms with Crippen LogP contribution in [0.15, 0.2) is 59.7 Å². The quantitative estimate of drug-likeness (QED) is 0.552. The number of aromatic amines is 1. The van der Waals surface area contributed by atoms with Gasteiger partial charge in [-0.3, -0.25) is 15.2 Å². The van der Waals surface area contributed by atoms with E-state index in [0.29, 0.717) is 28.4 Å². The van der Waals surface area contributed by atoms with Crippen LogP contribution in [0.1, 0.15) is 22.6 Å². The summed E-state index contributed by atoms with van der Waals surface area (Å²) in [7, 11) is 1.56. The molecular formula is C20H15N5O3. The van der Waals surface area contributed by atoms with Crippen LogP contribution in [0.4, 0.5) is 11.5 Å². The Hall–Kier alpha value is -3.99. The van der Waals surface area contributed by atoms with E-state index < -0.39 is 16.8 Å². The van der Waals surface area contributed by atoms with Gasteiger partial charge in [0.15, 0.2) is 5.82 Å². The number of nitro benzene ring substituents is 1. The van der Waals surface area contributed by atoms with Gasteiger partial charge in [-0.05, 0) is 12.1 Å². The zero-order valence-electron chi connectivity index (χ0n) is 14.9. The lowest BCUT2D eigenvalue weighted by Gasteiger charge is -2.27. The van der Waals surface area contributed by atoms with Crippen LogP contribution in [0.5, 0.6) is 5.75 Å². The van der Waals surface area contributed by atoms with Crippen LogP contribution < -0.4 is 4.74 Å². The Morgan fingerprint density at radius 1 is 1.21 bits per heavy atom. The molecule has 0 aliphatic carbocycles. The second-order valence-electron chi connectivity index (χ2n) is 6.30. The van der Waals surface area contributed by atoms with E-state index in [2.05, 4.69) is 21.3 Å². The fourth-order valence-electron chi connectivity index (χ4n) is 3.56. The molecule has 2 atom stereocenters. The highest BCUT2D eigenvalue weighted by atomic mass is 16.6. The molecule has 0 radical (unpaired) electrons. The maximum atomic E-state index is 11.6. The Kier molecular flexibility index (Phi) is 4.33. The summed E-state index contributed by atoms with van der Waals surface area (Å²) in [5, 5.41) is 28.5. The number of benzene rings is 2. The molecule has 0 bridgehead atoms. The number of nitriles is 1. The fraction of sp³-hybridized carbons (Fsp3) is 0.150. The van der Waals surface area contributed by atoms with Crippen molar-refractivity contribution < 1.29 is 9.66 Å². The van der Waals surface area contributed by atoms with Crippen molar-refractivity contribution in [1.29, 1.82) is 5.26 Å². The van der Waals surface area contributed by atoms with Gasteiger partial charge in [0.1, 0.15) is 11.7 Å². The van der Waals surface area contributed by atoms with Gasteiger partial charge in [-0.25, -0.2) is 4.99 Å². The number of para-hydroxylation sites is 1. The molecule has 0 saturated carbocycles. The molecule has 1 N–H and O–H groups in total. The summed E-state index contributed by atoms with van der Waals surface area (Å²) in [5.74, 6) is -0.167. The number of hydrogen-bond acceptors (Lipinski definition) is 6. The van der Waals surface area contributed by atoms with Crippen LogP contribution in [0.3, 0.4) is 0 Å². The summed E-state index contributed by atoms with van der Waals surface area (Å²) in [6.45, 7) is 0. The minimum Gasteiger partial charge on any atom is -0.497 e. The van der Waals surface area contributed by atoms with Gasteiger partial charge in [0, 0.05) is 28.7 Å². The fourth-order valence-corrected chi connectivity index (χ4v) is 3.56. The summed E-state index contributed by atoms with van der Waals surface area (Å²) in [6.07, 6.45) is 1.58. The van der Waals surface area contributed by atoms with E-state index in [9.17, 15) is 15.4 Å². The summed E-state index contributed by atoms with van der Waals surface area (Å²) >= 11 is 0. The molecule has 1 aliphatic heterocycles. The number of aromatic nitrogens is 2. The number of nitro groups is 1. The van der Waals surface area contributed by atoms with Gasteiger partial charge in [0.2, 0.25) is 0 Å². The van der Waals surface area contributed by atoms with E-state index in [1.165, 1.54) is 6.07 Å². The molecule has 28 heavy (non-hydrogen) atoms. The van der Waals surface area contributed by atoms with Crippen LogP contribution in [0.25, 0.3) is 0 Å². The minimum atomic E-state index is -0.724. The molecular weight excluding hydrogens is 358 g/mol. The average molecular weight is 373 g/mol. The minimum absolute atomic E-state index is 0.0354. The summed E-state index contributed by atoms with van der Waals surface area (Å²) in [6, 6.07) is 16.0.